The molecule has 19 nitrogen and oxygen atoms in total. The van der Waals surface area contributed by atoms with Gasteiger partial charge in [0.1, 0.15) is 73.2 Å². The summed E-state index contributed by atoms with van der Waals surface area (Å²) in [6, 6.07) is -0.988. The van der Waals surface area contributed by atoms with Crippen molar-refractivity contribution in [2.24, 2.45) is 0 Å². The lowest BCUT2D eigenvalue weighted by Crippen LogP contribution is -2.66. The first kappa shape index (κ1) is 93.1. The van der Waals surface area contributed by atoms with Gasteiger partial charge in [0.05, 0.1) is 38.6 Å². The Labute approximate surface area is 620 Å². The lowest BCUT2D eigenvalue weighted by Gasteiger charge is -2.48. The number of hydrogen-bond donors (Lipinski definition) is 12. The summed E-state index contributed by atoms with van der Waals surface area (Å²) in [4.78, 5) is 13.5. The van der Waals surface area contributed by atoms with E-state index < -0.39 is 124 Å². The summed E-state index contributed by atoms with van der Waals surface area (Å²) in [5.74, 6) is -0.288. The van der Waals surface area contributed by atoms with E-state index >= 15 is 0 Å². The van der Waals surface area contributed by atoms with Crippen LogP contribution >= 0.6 is 0 Å². The summed E-state index contributed by atoms with van der Waals surface area (Å²) in [5, 5.41) is 121. The van der Waals surface area contributed by atoms with Crippen molar-refractivity contribution in [3.63, 3.8) is 0 Å². The highest BCUT2D eigenvalue weighted by atomic mass is 16.8. The van der Waals surface area contributed by atoms with Gasteiger partial charge in [-0.2, -0.15) is 0 Å². The molecule has 3 rings (SSSR count). The van der Waals surface area contributed by atoms with Crippen LogP contribution in [0, 0.1) is 0 Å². The average Bonchev–Trinajstić information content (AvgIpc) is 0.781. The van der Waals surface area contributed by atoms with Crippen LogP contribution in [0.2, 0.25) is 0 Å². The van der Waals surface area contributed by atoms with Crippen LogP contribution in [0.1, 0.15) is 258 Å². The number of hydrogen-bond acceptors (Lipinski definition) is 18. The van der Waals surface area contributed by atoms with Crippen LogP contribution in [0.3, 0.4) is 0 Å². The van der Waals surface area contributed by atoms with Crippen molar-refractivity contribution in [1.82, 2.24) is 5.32 Å². The maximum absolute atomic E-state index is 13.5. The Morgan fingerprint density at radius 1 is 0.359 bits per heavy atom. The normalized spacial score (nSPS) is 26.8. The highest BCUT2D eigenvalue weighted by molar-refractivity contribution is 5.76. The predicted octanol–water partition coefficient (Wildman–Crippen LogP) is 13.3. The molecule has 0 aromatic rings. The number of aliphatic hydroxyl groups excluding tert-OH is 11. The zero-order chi connectivity index (χ0) is 74.6. The van der Waals surface area contributed by atoms with Crippen LogP contribution in [0.15, 0.2) is 134 Å². The SMILES string of the molecule is CC/C=C\C/C=C\C/C=C\C/C=C\C/C=C\C/C=C\C/C=C\C/C=C\C/C=C\C/C=C\CCCCCCCCCCC(=O)NC(COC1OC(CO)C(OC2OC(CO)C(OC3OC(CO)C(O)C(O)C3O)C(O)C2O)C(O)C1O)C(O)/C=C/CCCCCCCCCCCCCCCCCCC. The molecule has 0 spiro atoms. The van der Waals surface area contributed by atoms with Crippen LogP contribution in [0.4, 0.5) is 0 Å². The average molecular weight is 1450 g/mol. The van der Waals surface area contributed by atoms with Crippen LogP contribution in [0.25, 0.3) is 0 Å². The maximum Gasteiger partial charge on any atom is 0.220 e. The zero-order valence-corrected chi connectivity index (χ0v) is 63.0. The van der Waals surface area contributed by atoms with Crippen LogP contribution in [-0.2, 0) is 33.2 Å². The van der Waals surface area contributed by atoms with E-state index in [1.807, 2.05) is 6.08 Å². The van der Waals surface area contributed by atoms with E-state index in [-0.39, 0.29) is 18.9 Å². The second-order valence-electron chi connectivity index (χ2n) is 27.8. The van der Waals surface area contributed by atoms with E-state index in [2.05, 4.69) is 141 Å². The fourth-order valence-electron chi connectivity index (χ4n) is 12.6. The number of carbonyl (C=O) groups is 1. The number of carbonyl (C=O) groups excluding carboxylic acids is 1. The molecule has 1 amide bonds. The van der Waals surface area contributed by atoms with Crippen LogP contribution in [-0.4, -0.2) is 193 Å². The van der Waals surface area contributed by atoms with Crippen LogP contribution in [0.5, 0.6) is 0 Å². The van der Waals surface area contributed by atoms with Gasteiger partial charge in [-0.1, -0.05) is 289 Å². The van der Waals surface area contributed by atoms with Crippen molar-refractivity contribution in [3.05, 3.63) is 134 Å². The van der Waals surface area contributed by atoms with Crippen molar-refractivity contribution in [2.75, 3.05) is 26.4 Å². The standard InChI is InChI=1S/C84H141NO18/c1-3-5-7-9-11-13-15-17-19-21-23-24-25-26-27-28-29-30-31-32-33-34-35-36-37-38-39-40-41-42-44-46-48-50-52-54-56-58-60-62-72(90)85-67(68(89)61-59-57-55-53-51-49-47-45-43-22-20-18-16-14-12-10-8-6-4-2)66-98-82-78(96)75(93)80(70(64-87)100-82)103-84-79(97)76(94)81(71(65-88)101-84)102-83-77(95)74(92)73(91)69(63-86)99-83/h5,7,11,13,17,19,23-24,26-27,29-30,32-33,35-36,38-39,41-42,59,61,67-71,73-84,86-89,91-97H,3-4,6,8-10,12,14-16,18,20-22,25,28,31,34,37,40,43-58,60,62-66H2,1-2H3,(H,85,90)/b7-5-,13-11-,19-17-,24-23-,27-26-,30-29-,33-32-,36-35-,39-38-,42-41-,61-59+. The van der Waals surface area contributed by atoms with E-state index in [9.17, 15) is 61.0 Å². The number of aliphatic hydroxyl groups is 11. The second kappa shape index (κ2) is 62.9. The Balaban J connectivity index is 1.36. The van der Waals surface area contributed by atoms with Gasteiger partial charge in [-0.05, 0) is 96.3 Å². The van der Waals surface area contributed by atoms with Gasteiger partial charge >= 0.3 is 0 Å². The van der Waals surface area contributed by atoms with Gasteiger partial charge in [0, 0.05) is 6.42 Å². The van der Waals surface area contributed by atoms with Gasteiger partial charge in [0.15, 0.2) is 18.9 Å². The van der Waals surface area contributed by atoms with Gasteiger partial charge in [0.2, 0.25) is 5.91 Å². The van der Waals surface area contributed by atoms with E-state index in [4.69, 9.17) is 28.4 Å². The predicted molar refractivity (Wildman–Crippen MR) is 410 cm³/mol. The molecule has 103 heavy (non-hydrogen) atoms. The van der Waals surface area contributed by atoms with Gasteiger partial charge < -0.3 is 89.9 Å². The highest BCUT2D eigenvalue weighted by Gasteiger charge is 2.54. The summed E-state index contributed by atoms with van der Waals surface area (Å²) in [5.41, 5.74) is 0. The minimum Gasteiger partial charge on any atom is -0.394 e. The van der Waals surface area contributed by atoms with E-state index in [0.29, 0.717) is 6.42 Å². The summed E-state index contributed by atoms with van der Waals surface area (Å²) in [6.45, 7) is 1.62. The minimum atomic E-state index is -1.99. The molecule has 0 aromatic carbocycles. The molecule has 3 aliphatic rings. The number of unbranched alkanes of at least 4 members (excludes halogenated alkanes) is 25. The highest BCUT2D eigenvalue weighted by Crippen LogP contribution is 2.33. The van der Waals surface area contributed by atoms with Crippen molar-refractivity contribution in [2.45, 2.75) is 362 Å². The Morgan fingerprint density at radius 3 is 1.05 bits per heavy atom. The quantitative estimate of drug-likeness (QED) is 0.0199. The fraction of sp³-hybridized carbons (Fsp3) is 0.726. The maximum atomic E-state index is 13.5. The molecule has 3 fully saturated rings. The fourth-order valence-corrected chi connectivity index (χ4v) is 12.6. The lowest BCUT2D eigenvalue weighted by molar-refractivity contribution is -0.379. The first-order valence-corrected chi connectivity index (χ1v) is 39.9. The molecule has 590 valence electrons. The molecular formula is C84H141NO18. The van der Waals surface area contributed by atoms with E-state index in [1.54, 1.807) is 6.08 Å². The Bertz CT molecular complexity index is 2380. The summed E-state index contributed by atoms with van der Waals surface area (Å²) >= 11 is 0. The molecule has 0 saturated carbocycles. The van der Waals surface area contributed by atoms with Gasteiger partial charge in [-0.3, -0.25) is 4.79 Å². The molecule has 0 bridgehead atoms. The zero-order valence-electron chi connectivity index (χ0n) is 63.0. The molecule has 3 saturated heterocycles. The molecule has 17 unspecified atom stereocenters. The summed E-state index contributed by atoms with van der Waals surface area (Å²) in [6.07, 6.45) is 62.8. The van der Waals surface area contributed by atoms with Crippen molar-refractivity contribution in [3.8, 4) is 0 Å². The lowest BCUT2D eigenvalue weighted by atomic mass is 9.96. The molecule has 12 N–H and O–H groups in total. The molecule has 0 aromatic heterocycles. The third-order valence-electron chi connectivity index (χ3n) is 19.0. The summed E-state index contributed by atoms with van der Waals surface area (Å²) in [7, 11) is 0. The molecule has 3 heterocycles. The minimum absolute atomic E-state index is 0.225. The Morgan fingerprint density at radius 2 is 0.670 bits per heavy atom. The van der Waals surface area contributed by atoms with E-state index in [1.165, 1.54) is 96.3 Å². The topological polar surface area (TPSA) is 307 Å². The Kier molecular flexibility index (Phi) is 56.9. The first-order chi connectivity index (χ1) is 50.3. The number of allylic oxidation sites excluding steroid dienone is 21. The number of nitrogens with one attached hydrogen (secondary N) is 1. The third kappa shape index (κ3) is 42.9. The van der Waals surface area contributed by atoms with Crippen molar-refractivity contribution < 1.29 is 89.4 Å². The number of amides is 1. The van der Waals surface area contributed by atoms with Crippen molar-refractivity contribution in [1.29, 1.82) is 0 Å². The molecule has 0 aliphatic carbocycles. The number of rotatable bonds is 61. The monoisotopic (exact) mass is 1450 g/mol. The smallest absolute Gasteiger partial charge is 0.220 e. The van der Waals surface area contributed by atoms with Crippen molar-refractivity contribution >= 4 is 5.91 Å². The molecule has 3 aliphatic heterocycles. The molecule has 17 atom stereocenters. The third-order valence-corrected chi connectivity index (χ3v) is 19.0. The Hall–Kier alpha value is -4.07. The van der Waals surface area contributed by atoms with Gasteiger partial charge in [-0.15, -0.1) is 0 Å². The molecule has 19 heteroatoms. The largest absolute Gasteiger partial charge is 0.394 e. The molecular weight excluding hydrogens is 1310 g/mol. The van der Waals surface area contributed by atoms with Crippen LogP contribution < -0.4 is 5.32 Å². The van der Waals surface area contributed by atoms with Gasteiger partial charge in [-0.25, -0.2) is 0 Å². The second-order valence-corrected chi connectivity index (χ2v) is 27.8. The van der Waals surface area contributed by atoms with E-state index in [0.717, 1.165) is 135 Å². The molecule has 0 radical (unpaired) electrons. The summed E-state index contributed by atoms with van der Waals surface area (Å²) < 4.78 is 34.4. The number of ether oxygens (including phenoxy) is 6. The first-order valence-electron chi connectivity index (χ1n) is 39.9. The van der Waals surface area contributed by atoms with Gasteiger partial charge in [0.25, 0.3) is 0 Å².